The molecule has 0 bridgehead atoms. The van der Waals surface area contributed by atoms with E-state index in [1.807, 2.05) is 26.0 Å². The standard InChI is InChI=1S/C12H13BrN4O/c1-7-5-8(2)10(6-9(7)13)15-12(18)16-11-3-4-14-17-11/h3-6H,1-2H3,(H3,14,15,16,17,18). The van der Waals surface area contributed by atoms with E-state index in [1.54, 1.807) is 12.3 Å². The summed E-state index contributed by atoms with van der Waals surface area (Å²) in [6, 6.07) is 5.27. The number of nitrogens with zero attached hydrogens (tertiary/aromatic N) is 1. The number of benzene rings is 1. The number of aryl methyl sites for hydroxylation is 2. The fourth-order valence-electron chi connectivity index (χ4n) is 1.56. The van der Waals surface area contributed by atoms with Gasteiger partial charge in [0.25, 0.3) is 0 Å². The zero-order valence-electron chi connectivity index (χ0n) is 10.0. The second-order valence-electron chi connectivity index (χ2n) is 3.97. The maximum atomic E-state index is 11.7. The molecule has 0 aliphatic carbocycles. The van der Waals surface area contributed by atoms with Crippen LogP contribution in [-0.2, 0) is 0 Å². The topological polar surface area (TPSA) is 69.8 Å². The van der Waals surface area contributed by atoms with Gasteiger partial charge in [-0.1, -0.05) is 22.0 Å². The molecule has 1 aromatic carbocycles. The maximum absolute atomic E-state index is 11.7. The highest BCUT2D eigenvalue weighted by Gasteiger charge is 2.07. The highest BCUT2D eigenvalue weighted by Crippen LogP contribution is 2.24. The van der Waals surface area contributed by atoms with Gasteiger partial charge in [0.05, 0.1) is 6.20 Å². The quantitative estimate of drug-likeness (QED) is 0.795. The molecular formula is C12H13BrN4O. The average molecular weight is 309 g/mol. The largest absolute Gasteiger partial charge is 0.324 e. The number of rotatable bonds is 2. The molecule has 0 aliphatic heterocycles. The van der Waals surface area contributed by atoms with Gasteiger partial charge in [-0.2, -0.15) is 5.10 Å². The summed E-state index contributed by atoms with van der Waals surface area (Å²) in [5.74, 6) is 0.552. The normalized spacial score (nSPS) is 10.2. The van der Waals surface area contributed by atoms with Crippen molar-refractivity contribution < 1.29 is 4.79 Å². The highest BCUT2D eigenvalue weighted by atomic mass is 79.9. The SMILES string of the molecule is Cc1cc(C)c(NC(=O)Nc2ccn[nH]2)cc1Br. The summed E-state index contributed by atoms with van der Waals surface area (Å²) in [6.07, 6.45) is 1.57. The molecule has 18 heavy (non-hydrogen) atoms. The number of carbonyl (C=O) groups is 1. The zero-order valence-corrected chi connectivity index (χ0v) is 11.6. The third-order valence-corrected chi connectivity index (χ3v) is 3.36. The molecule has 3 N–H and O–H groups in total. The van der Waals surface area contributed by atoms with Gasteiger partial charge < -0.3 is 5.32 Å². The molecule has 0 saturated heterocycles. The fraction of sp³-hybridized carbons (Fsp3) is 0.167. The molecule has 0 spiro atoms. The van der Waals surface area contributed by atoms with E-state index in [9.17, 15) is 4.79 Å². The first-order valence-corrected chi connectivity index (χ1v) is 6.19. The molecule has 6 heteroatoms. The number of aromatic amines is 1. The number of hydrogen-bond donors (Lipinski definition) is 3. The molecule has 0 aliphatic rings. The first-order chi connectivity index (χ1) is 8.56. The summed E-state index contributed by atoms with van der Waals surface area (Å²) in [4.78, 5) is 11.7. The zero-order chi connectivity index (χ0) is 13.1. The predicted molar refractivity (Wildman–Crippen MR) is 74.8 cm³/mol. The van der Waals surface area contributed by atoms with E-state index in [-0.39, 0.29) is 6.03 Å². The molecular weight excluding hydrogens is 296 g/mol. The first kappa shape index (κ1) is 12.6. The number of urea groups is 1. The van der Waals surface area contributed by atoms with Crippen molar-refractivity contribution >= 4 is 33.5 Å². The number of hydrogen-bond acceptors (Lipinski definition) is 2. The Morgan fingerprint density at radius 2 is 2.06 bits per heavy atom. The predicted octanol–water partition coefficient (Wildman–Crippen LogP) is 3.43. The van der Waals surface area contributed by atoms with Crippen molar-refractivity contribution in [1.82, 2.24) is 10.2 Å². The Kier molecular flexibility index (Phi) is 3.66. The van der Waals surface area contributed by atoms with Gasteiger partial charge in [0.15, 0.2) is 0 Å². The number of H-pyrrole nitrogens is 1. The number of amides is 2. The van der Waals surface area contributed by atoms with Gasteiger partial charge in [-0.05, 0) is 31.0 Å². The van der Waals surface area contributed by atoms with Crippen molar-refractivity contribution in [2.45, 2.75) is 13.8 Å². The Morgan fingerprint density at radius 3 is 2.72 bits per heavy atom. The molecule has 0 unspecified atom stereocenters. The molecule has 0 saturated carbocycles. The molecule has 94 valence electrons. The van der Waals surface area contributed by atoms with Crippen molar-refractivity contribution in [3.8, 4) is 0 Å². The summed E-state index contributed by atoms with van der Waals surface area (Å²) in [5.41, 5.74) is 2.91. The van der Waals surface area contributed by atoms with E-state index >= 15 is 0 Å². The van der Waals surface area contributed by atoms with Gasteiger partial charge in [-0.25, -0.2) is 4.79 Å². The van der Waals surface area contributed by atoms with Gasteiger partial charge >= 0.3 is 6.03 Å². The number of nitrogens with one attached hydrogen (secondary N) is 3. The van der Waals surface area contributed by atoms with Gasteiger partial charge in [0.1, 0.15) is 5.82 Å². The minimum Gasteiger partial charge on any atom is -0.307 e. The summed E-state index contributed by atoms with van der Waals surface area (Å²) in [7, 11) is 0. The van der Waals surface area contributed by atoms with Gasteiger partial charge in [0, 0.05) is 16.2 Å². The van der Waals surface area contributed by atoms with Crippen LogP contribution in [0, 0.1) is 13.8 Å². The lowest BCUT2D eigenvalue weighted by Gasteiger charge is -2.10. The van der Waals surface area contributed by atoms with Crippen LogP contribution in [0.4, 0.5) is 16.3 Å². The van der Waals surface area contributed by atoms with E-state index in [2.05, 4.69) is 36.8 Å². The molecule has 2 rings (SSSR count). The van der Waals surface area contributed by atoms with Crippen molar-refractivity contribution in [3.63, 3.8) is 0 Å². The lowest BCUT2D eigenvalue weighted by molar-refractivity contribution is 0.262. The second-order valence-corrected chi connectivity index (χ2v) is 4.82. The van der Waals surface area contributed by atoms with Crippen LogP contribution in [0.3, 0.4) is 0 Å². The van der Waals surface area contributed by atoms with Crippen molar-refractivity contribution in [2.24, 2.45) is 0 Å². The molecule has 0 radical (unpaired) electrons. The van der Waals surface area contributed by atoms with Crippen LogP contribution in [0.15, 0.2) is 28.9 Å². The summed E-state index contributed by atoms with van der Waals surface area (Å²) >= 11 is 3.44. The Hall–Kier alpha value is -1.82. The van der Waals surface area contributed by atoms with Crippen LogP contribution in [0.2, 0.25) is 0 Å². The molecule has 0 atom stereocenters. The van der Waals surface area contributed by atoms with Crippen molar-refractivity contribution in [2.75, 3.05) is 10.6 Å². The lowest BCUT2D eigenvalue weighted by Crippen LogP contribution is -2.20. The van der Waals surface area contributed by atoms with Crippen LogP contribution in [-0.4, -0.2) is 16.2 Å². The van der Waals surface area contributed by atoms with E-state index in [0.29, 0.717) is 5.82 Å². The monoisotopic (exact) mass is 308 g/mol. The van der Waals surface area contributed by atoms with Crippen molar-refractivity contribution in [3.05, 3.63) is 40.0 Å². The van der Waals surface area contributed by atoms with E-state index < -0.39 is 0 Å². The van der Waals surface area contributed by atoms with Crippen LogP contribution in [0.5, 0.6) is 0 Å². The van der Waals surface area contributed by atoms with Crippen LogP contribution >= 0.6 is 15.9 Å². The Bertz CT molecular complexity index is 566. The molecule has 5 nitrogen and oxygen atoms in total. The molecule has 2 aromatic rings. The lowest BCUT2D eigenvalue weighted by atomic mass is 10.1. The van der Waals surface area contributed by atoms with Gasteiger partial charge in [-0.15, -0.1) is 0 Å². The molecule has 2 amide bonds. The van der Waals surface area contributed by atoms with Crippen molar-refractivity contribution in [1.29, 1.82) is 0 Å². The number of halogens is 1. The van der Waals surface area contributed by atoms with E-state index in [1.165, 1.54) is 0 Å². The highest BCUT2D eigenvalue weighted by molar-refractivity contribution is 9.10. The van der Waals surface area contributed by atoms with Gasteiger partial charge in [-0.3, -0.25) is 10.4 Å². The van der Waals surface area contributed by atoms with E-state index in [4.69, 9.17) is 0 Å². The maximum Gasteiger partial charge on any atom is 0.324 e. The third kappa shape index (κ3) is 2.89. The summed E-state index contributed by atoms with van der Waals surface area (Å²) < 4.78 is 0.963. The Balaban J connectivity index is 2.09. The first-order valence-electron chi connectivity index (χ1n) is 5.40. The van der Waals surface area contributed by atoms with E-state index in [0.717, 1.165) is 21.3 Å². The fourth-order valence-corrected chi connectivity index (χ4v) is 1.91. The minimum absolute atomic E-state index is 0.307. The smallest absolute Gasteiger partial charge is 0.307 e. The summed E-state index contributed by atoms with van der Waals surface area (Å²) in [5, 5.41) is 11.8. The Labute approximate surface area is 113 Å². The van der Waals surface area contributed by atoms with Crippen LogP contribution in [0.1, 0.15) is 11.1 Å². The van der Waals surface area contributed by atoms with Crippen LogP contribution < -0.4 is 10.6 Å². The number of carbonyl (C=O) groups excluding carboxylic acids is 1. The molecule has 1 aromatic heterocycles. The molecule has 1 heterocycles. The minimum atomic E-state index is -0.307. The number of anilines is 2. The number of aromatic nitrogens is 2. The summed E-state index contributed by atoms with van der Waals surface area (Å²) in [6.45, 7) is 3.96. The van der Waals surface area contributed by atoms with Gasteiger partial charge in [0.2, 0.25) is 0 Å². The molecule has 0 fully saturated rings. The second kappa shape index (κ2) is 5.22. The third-order valence-electron chi connectivity index (χ3n) is 2.50. The average Bonchev–Trinajstić information content (AvgIpc) is 2.78. The van der Waals surface area contributed by atoms with Crippen LogP contribution in [0.25, 0.3) is 0 Å². The Morgan fingerprint density at radius 1 is 1.28 bits per heavy atom.